The van der Waals surface area contributed by atoms with Crippen LogP contribution in [0.15, 0.2) is 24.5 Å². The molecule has 3 heteroatoms. The summed E-state index contributed by atoms with van der Waals surface area (Å²) in [5, 5.41) is 0. The van der Waals surface area contributed by atoms with Gasteiger partial charge in [0.25, 0.3) is 0 Å². The van der Waals surface area contributed by atoms with Crippen LogP contribution in [-0.2, 0) is 0 Å². The molecule has 1 rings (SSSR count). The van der Waals surface area contributed by atoms with Gasteiger partial charge >= 0.3 is 0 Å². The van der Waals surface area contributed by atoms with Crippen LogP contribution >= 0.6 is 0 Å². The Morgan fingerprint density at radius 3 is 3.00 bits per heavy atom. The van der Waals surface area contributed by atoms with E-state index in [-0.39, 0.29) is 6.04 Å². The molecule has 1 unspecified atom stereocenters. The van der Waals surface area contributed by atoms with Gasteiger partial charge in [-0.05, 0) is 31.9 Å². The molecule has 0 fully saturated rings. The highest BCUT2D eigenvalue weighted by Gasteiger charge is 1.94. The molecule has 0 aliphatic carbocycles. The molecular formula is C12H18N2O. The van der Waals surface area contributed by atoms with Crippen molar-refractivity contribution >= 4 is 6.08 Å². The van der Waals surface area contributed by atoms with Gasteiger partial charge in [0.1, 0.15) is 5.75 Å². The quantitative estimate of drug-likeness (QED) is 0.803. The summed E-state index contributed by atoms with van der Waals surface area (Å²) in [6.45, 7) is 4.60. The number of rotatable bonds is 5. The van der Waals surface area contributed by atoms with E-state index in [1.54, 1.807) is 12.4 Å². The molecule has 2 N–H and O–H groups in total. The standard InChI is InChI=1S/C12H18N2O/c1-3-15-12-7-11(8-14-9-12)6-4-5-10(2)13/h4,6-10H,3,5,13H2,1-2H3. The first-order valence-electron chi connectivity index (χ1n) is 5.22. The van der Waals surface area contributed by atoms with Crippen LogP contribution < -0.4 is 10.5 Å². The summed E-state index contributed by atoms with van der Waals surface area (Å²) in [4.78, 5) is 4.09. The van der Waals surface area contributed by atoms with E-state index in [0.29, 0.717) is 6.61 Å². The molecule has 0 aromatic carbocycles. The van der Waals surface area contributed by atoms with Crippen molar-refractivity contribution < 1.29 is 4.74 Å². The van der Waals surface area contributed by atoms with Crippen LogP contribution in [0, 0.1) is 0 Å². The van der Waals surface area contributed by atoms with Crippen molar-refractivity contribution in [2.75, 3.05) is 6.61 Å². The van der Waals surface area contributed by atoms with Crippen molar-refractivity contribution in [3.05, 3.63) is 30.1 Å². The molecule has 0 aliphatic heterocycles. The Balaban J connectivity index is 2.60. The Hall–Kier alpha value is -1.35. The minimum atomic E-state index is 0.198. The molecule has 1 atom stereocenters. The topological polar surface area (TPSA) is 48.1 Å². The fraction of sp³-hybridized carbons (Fsp3) is 0.417. The molecule has 0 bridgehead atoms. The predicted octanol–water partition coefficient (Wildman–Crippen LogP) is 2.23. The highest BCUT2D eigenvalue weighted by Crippen LogP contribution is 2.12. The first-order valence-corrected chi connectivity index (χ1v) is 5.22. The van der Waals surface area contributed by atoms with E-state index in [0.717, 1.165) is 17.7 Å². The molecule has 1 heterocycles. The van der Waals surface area contributed by atoms with Gasteiger partial charge in [0.05, 0.1) is 12.8 Å². The lowest BCUT2D eigenvalue weighted by atomic mass is 10.2. The van der Waals surface area contributed by atoms with Crippen molar-refractivity contribution in [3.8, 4) is 5.75 Å². The average Bonchev–Trinajstić information content (AvgIpc) is 2.18. The fourth-order valence-electron chi connectivity index (χ4n) is 1.19. The van der Waals surface area contributed by atoms with Crippen molar-refractivity contribution in [1.29, 1.82) is 0 Å². The van der Waals surface area contributed by atoms with Gasteiger partial charge < -0.3 is 10.5 Å². The van der Waals surface area contributed by atoms with E-state index in [9.17, 15) is 0 Å². The van der Waals surface area contributed by atoms with Crippen molar-refractivity contribution in [1.82, 2.24) is 4.98 Å². The molecule has 0 aliphatic rings. The normalized spacial score (nSPS) is 13.0. The number of nitrogens with two attached hydrogens (primary N) is 1. The zero-order chi connectivity index (χ0) is 11.1. The van der Waals surface area contributed by atoms with Gasteiger partial charge in [-0.25, -0.2) is 0 Å². The molecule has 1 aromatic heterocycles. The van der Waals surface area contributed by atoms with Crippen LogP contribution in [0.4, 0.5) is 0 Å². The first kappa shape index (κ1) is 11.7. The van der Waals surface area contributed by atoms with Crippen LogP contribution in [0.3, 0.4) is 0 Å². The molecule has 0 amide bonds. The summed E-state index contributed by atoms with van der Waals surface area (Å²) in [5.41, 5.74) is 6.69. The molecular weight excluding hydrogens is 188 g/mol. The summed E-state index contributed by atoms with van der Waals surface area (Å²) in [5.74, 6) is 0.806. The van der Waals surface area contributed by atoms with E-state index in [4.69, 9.17) is 10.5 Å². The molecule has 3 nitrogen and oxygen atoms in total. The van der Waals surface area contributed by atoms with Gasteiger partial charge in [-0.1, -0.05) is 12.2 Å². The molecule has 15 heavy (non-hydrogen) atoms. The number of ether oxygens (including phenoxy) is 1. The third-order valence-electron chi connectivity index (χ3n) is 1.86. The highest BCUT2D eigenvalue weighted by molar-refractivity contribution is 5.49. The molecule has 82 valence electrons. The second kappa shape index (κ2) is 6.19. The Labute approximate surface area is 91.0 Å². The Morgan fingerprint density at radius 1 is 1.53 bits per heavy atom. The Morgan fingerprint density at radius 2 is 2.33 bits per heavy atom. The Kier molecular flexibility index (Phi) is 4.84. The second-order valence-corrected chi connectivity index (χ2v) is 3.50. The predicted molar refractivity (Wildman–Crippen MR) is 62.7 cm³/mol. The summed E-state index contributed by atoms with van der Waals surface area (Å²) in [7, 11) is 0. The monoisotopic (exact) mass is 206 g/mol. The van der Waals surface area contributed by atoms with E-state index in [2.05, 4.69) is 11.1 Å². The van der Waals surface area contributed by atoms with Gasteiger partial charge in [0, 0.05) is 12.2 Å². The lowest BCUT2D eigenvalue weighted by Crippen LogP contribution is -2.12. The average molecular weight is 206 g/mol. The van der Waals surface area contributed by atoms with Crippen LogP contribution in [0.25, 0.3) is 6.08 Å². The maximum atomic E-state index is 5.64. The lowest BCUT2D eigenvalue weighted by Gasteiger charge is -2.02. The maximum Gasteiger partial charge on any atom is 0.138 e. The summed E-state index contributed by atoms with van der Waals surface area (Å²) >= 11 is 0. The first-order chi connectivity index (χ1) is 7.22. The maximum absolute atomic E-state index is 5.64. The zero-order valence-corrected chi connectivity index (χ0v) is 9.31. The van der Waals surface area contributed by atoms with Gasteiger partial charge in [-0.3, -0.25) is 4.98 Å². The van der Waals surface area contributed by atoms with E-state index in [1.807, 2.05) is 26.0 Å². The highest BCUT2D eigenvalue weighted by atomic mass is 16.5. The number of pyridine rings is 1. The second-order valence-electron chi connectivity index (χ2n) is 3.50. The summed E-state index contributed by atoms with van der Waals surface area (Å²) in [6, 6.07) is 2.16. The number of hydrogen-bond acceptors (Lipinski definition) is 3. The number of aromatic nitrogens is 1. The van der Waals surface area contributed by atoms with Crippen LogP contribution in [0.1, 0.15) is 25.8 Å². The SMILES string of the molecule is CCOc1cncc(C=CCC(C)N)c1. The fourth-order valence-corrected chi connectivity index (χ4v) is 1.19. The summed E-state index contributed by atoms with van der Waals surface area (Å²) < 4.78 is 5.35. The number of hydrogen-bond donors (Lipinski definition) is 1. The third-order valence-corrected chi connectivity index (χ3v) is 1.86. The van der Waals surface area contributed by atoms with E-state index >= 15 is 0 Å². The smallest absolute Gasteiger partial charge is 0.138 e. The van der Waals surface area contributed by atoms with Gasteiger partial charge in [-0.2, -0.15) is 0 Å². The third kappa shape index (κ3) is 4.61. The van der Waals surface area contributed by atoms with Crippen molar-refractivity contribution in [2.45, 2.75) is 26.3 Å². The molecule has 0 spiro atoms. The number of nitrogens with zero attached hydrogens (tertiary/aromatic N) is 1. The molecule has 0 saturated carbocycles. The minimum Gasteiger partial charge on any atom is -0.492 e. The summed E-state index contributed by atoms with van der Waals surface area (Å²) in [6.07, 6.45) is 8.46. The van der Waals surface area contributed by atoms with Crippen LogP contribution in [0.5, 0.6) is 5.75 Å². The minimum absolute atomic E-state index is 0.198. The van der Waals surface area contributed by atoms with Crippen LogP contribution in [-0.4, -0.2) is 17.6 Å². The van der Waals surface area contributed by atoms with Gasteiger partial charge in [-0.15, -0.1) is 0 Å². The van der Waals surface area contributed by atoms with Gasteiger partial charge in [0.2, 0.25) is 0 Å². The van der Waals surface area contributed by atoms with Gasteiger partial charge in [0.15, 0.2) is 0 Å². The van der Waals surface area contributed by atoms with E-state index in [1.165, 1.54) is 0 Å². The lowest BCUT2D eigenvalue weighted by molar-refractivity contribution is 0.339. The largest absolute Gasteiger partial charge is 0.492 e. The Bertz CT molecular complexity index is 321. The van der Waals surface area contributed by atoms with Crippen molar-refractivity contribution in [3.63, 3.8) is 0 Å². The molecule has 0 radical (unpaired) electrons. The zero-order valence-electron chi connectivity index (χ0n) is 9.31. The molecule has 1 aromatic rings. The van der Waals surface area contributed by atoms with Crippen LogP contribution in [0.2, 0.25) is 0 Å². The van der Waals surface area contributed by atoms with E-state index < -0.39 is 0 Å². The van der Waals surface area contributed by atoms with Crippen molar-refractivity contribution in [2.24, 2.45) is 5.73 Å². The molecule has 0 saturated heterocycles.